The van der Waals surface area contributed by atoms with Crippen LogP contribution in [0.15, 0.2) is 0 Å². The van der Waals surface area contributed by atoms with Crippen LogP contribution in [0.3, 0.4) is 0 Å². The number of aryl methyl sites for hydroxylation is 1. The number of nitrogens with one attached hydrogen (secondary N) is 1. The minimum absolute atomic E-state index is 0.239. The molecule has 0 fully saturated rings. The average molecular weight is 223 g/mol. The Balaban J connectivity index is 2.50. The summed E-state index contributed by atoms with van der Waals surface area (Å²) >= 11 is 0. The minimum atomic E-state index is -4.18. The molecule has 0 amide bonds. The zero-order chi connectivity index (χ0) is 11.3. The van der Waals surface area contributed by atoms with E-state index >= 15 is 0 Å². The maximum Gasteiger partial charge on any atom is 0.390 e. The molecule has 1 heterocycles. The third kappa shape index (κ3) is 4.24. The lowest BCUT2D eigenvalue weighted by Crippen LogP contribution is -2.19. The maximum absolute atomic E-state index is 11.9. The van der Waals surface area contributed by atoms with Gasteiger partial charge in [0.05, 0.1) is 19.5 Å². The number of rotatable bonds is 5. The van der Waals surface area contributed by atoms with E-state index < -0.39 is 12.6 Å². The Labute approximate surface area is 84.7 Å². The molecule has 0 spiro atoms. The van der Waals surface area contributed by atoms with Gasteiger partial charge in [-0.05, 0) is 17.0 Å². The van der Waals surface area contributed by atoms with Crippen molar-refractivity contribution < 1.29 is 13.2 Å². The van der Waals surface area contributed by atoms with Gasteiger partial charge in [-0.2, -0.15) is 13.2 Å². The van der Waals surface area contributed by atoms with E-state index in [-0.39, 0.29) is 6.54 Å². The number of nitrogens with zero attached hydrogens (tertiary/aromatic N) is 4. The summed E-state index contributed by atoms with van der Waals surface area (Å²) in [5.74, 6) is 0.418. The second kappa shape index (κ2) is 5.06. The molecule has 0 aromatic carbocycles. The fraction of sp³-hybridized carbons (Fsp3) is 0.857. The molecule has 0 bridgehead atoms. The van der Waals surface area contributed by atoms with Gasteiger partial charge in [0.2, 0.25) is 0 Å². The first-order valence-electron chi connectivity index (χ1n) is 4.55. The standard InChI is InChI=1S/C7H12F3N5/c1-2-11-5-6-12-13-14-15(6)4-3-7(8,9)10/h11H,2-5H2,1H3. The van der Waals surface area contributed by atoms with Crippen LogP contribution in [0.5, 0.6) is 0 Å². The lowest BCUT2D eigenvalue weighted by Gasteiger charge is -2.07. The fourth-order valence-electron chi connectivity index (χ4n) is 0.993. The van der Waals surface area contributed by atoms with Gasteiger partial charge >= 0.3 is 6.18 Å². The maximum atomic E-state index is 11.9. The molecule has 8 heteroatoms. The minimum Gasteiger partial charge on any atom is -0.310 e. The van der Waals surface area contributed by atoms with E-state index in [0.29, 0.717) is 18.9 Å². The number of alkyl halides is 3. The highest BCUT2D eigenvalue weighted by molar-refractivity contribution is 4.79. The number of tetrazole rings is 1. The van der Waals surface area contributed by atoms with E-state index in [1.54, 1.807) is 0 Å². The zero-order valence-corrected chi connectivity index (χ0v) is 8.25. The van der Waals surface area contributed by atoms with Crippen LogP contribution < -0.4 is 5.32 Å². The Kier molecular flexibility index (Phi) is 4.01. The van der Waals surface area contributed by atoms with Crippen LogP contribution in [0.2, 0.25) is 0 Å². The summed E-state index contributed by atoms with van der Waals surface area (Å²) in [4.78, 5) is 0. The lowest BCUT2D eigenvalue weighted by molar-refractivity contribution is -0.137. The van der Waals surface area contributed by atoms with Crippen molar-refractivity contribution in [1.29, 1.82) is 0 Å². The van der Waals surface area contributed by atoms with Gasteiger partial charge in [-0.1, -0.05) is 6.92 Å². The molecular formula is C7H12F3N5. The van der Waals surface area contributed by atoms with Crippen LogP contribution in [0.4, 0.5) is 13.2 Å². The smallest absolute Gasteiger partial charge is 0.310 e. The monoisotopic (exact) mass is 223 g/mol. The molecule has 15 heavy (non-hydrogen) atoms. The Hall–Kier alpha value is -1.18. The molecule has 0 atom stereocenters. The topological polar surface area (TPSA) is 55.6 Å². The fourth-order valence-corrected chi connectivity index (χ4v) is 0.993. The van der Waals surface area contributed by atoms with Crippen molar-refractivity contribution in [3.8, 4) is 0 Å². The van der Waals surface area contributed by atoms with Crippen LogP contribution in [-0.4, -0.2) is 32.9 Å². The van der Waals surface area contributed by atoms with E-state index in [1.807, 2.05) is 6.92 Å². The van der Waals surface area contributed by atoms with Crippen molar-refractivity contribution in [3.05, 3.63) is 5.82 Å². The first kappa shape index (κ1) is 11.9. The molecule has 1 aromatic rings. The summed E-state index contributed by atoms with van der Waals surface area (Å²) in [6.45, 7) is 2.74. The van der Waals surface area contributed by atoms with E-state index in [1.165, 1.54) is 0 Å². The van der Waals surface area contributed by atoms with Gasteiger partial charge in [-0.25, -0.2) is 4.68 Å². The molecule has 1 aromatic heterocycles. The van der Waals surface area contributed by atoms with Crippen LogP contribution in [0.1, 0.15) is 19.2 Å². The van der Waals surface area contributed by atoms with Crippen LogP contribution in [-0.2, 0) is 13.1 Å². The molecule has 0 radical (unpaired) electrons. The van der Waals surface area contributed by atoms with E-state index in [9.17, 15) is 13.2 Å². The summed E-state index contributed by atoms with van der Waals surface area (Å²) in [6, 6.07) is 0. The molecule has 0 aliphatic carbocycles. The van der Waals surface area contributed by atoms with E-state index in [4.69, 9.17) is 0 Å². The van der Waals surface area contributed by atoms with Gasteiger partial charge in [0.15, 0.2) is 5.82 Å². The number of hydrogen-bond donors (Lipinski definition) is 1. The number of hydrogen-bond acceptors (Lipinski definition) is 4. The van der Waals surface area contributed by atoms with Gasteiger partial charge in [0.1, 0.15) is 0 Å². The SMILES string of the molecule is CCNCc1nnnn1CCC(F)(F)F. The molecule has 0 unspecified atom stereocenters. The summed E-state index contributed by atoms with van der Waals surface area (Å²) < 4.78 is 37.0. The van der Waals surface area contributed by atoms with E-state index in [2.05, 4.69) is 20.8 Å². The summed E-state index contributed by atoms with van der Waals surface area (Å²) in [5, 5.41) is 13.4. The zero-order valence-electron chi connectivity index (χ0n) is 8.25. The van der Waals surface area contributed by atoms with Gasteiger partial charge in [0, 0.05) is 0 Å². The first-order valence-corrected chi connectivity index (χ1v) is 4.55. The summed E-state index contributed by atoms with van der Waals surface area (Å²) in [7, 11) is 0. The molecule has 0 saturated heterocycles. The highest BCUT2D eigenvalue weighted by Crippen LogP contribution is 2.19. The van der Waals surface area contributed by atoms with Gasteiger partial charge < -0.3 is 5.32 Å². The van der Waals surface area contributed by atoms with E-state index in [0.717, 1.165) is 4.68 Å². The average Bonchev–Trinajstić information content (AvgIpc) is 2.57. The summed E-state index contributed by atoms with van der Waals surface area (Å²) in [6.07, 6.45) is -5.10. The van der Waals surface area contributed by atoms with Crippen molar-refractivity contribution in [2.24, 2.45) is 0 Å². The van der Waals surface area contributed by atoms with Crippen molar-refractivity contribution in [2.45, 2.75) is 32.6 Å². The molecule has 5 nitrogen and oxygen atoms in total. The van der Waals surface area contributed by atoms with Crippen molar-refractivity contribution in [2.75, 3.05) is 6.54 Å². The third-order valence-corrected chi connectivity index (χ3v) is 1.75. The molecule has 0 aliphatic heterocycles. The molecule has 0 saturated carbocycles. The molecule has 1 rings (SSSR count). The Morgan fingerprint density at radius 3 is 2.73 bits per heavy atom. The van der Waals surface area contributed by atoms with Crippen molar-refractivity contribution in [3.63, 3.8) is 0 Å². The van der Waals surface area contributed by atoms with Crippen molar-refractivity contribution >= 4 is 0 Å². The van der Waals surface area contributed by atoms with Gasteiger partial charge in [-0.15, -0.1) is 5.10 Å². The van der Waals surface area contributed by atoms with Crippen LogP contribution in [0, 0.1) is 0 Å². The Morgan fingerprint density at radius 2 is 2.13 bits per heavy atom. The third-order valence-electron chi connectivity index (χ3n) is 1.75. The molecule has 1 N–H and O–H groups in total. The predicted octanol–water partition coefficient (Wildman–Crippen LogP) is 0.735. The quantitative estimate of drug-likeness (QED) is 0.799. The Bertz CT molecular complexity index is 295. The first-order chi connectivity index (χ1) is 7.03. The highest BCUT2D eigenvalue weighted by atomic mass is 19.4. The van der Waals surface area contributed by atoms with Crippen LogP contribution >= 0.6 is 0 Å². The Morgan fingerprint density at radius 1 is 1.40 bits per heavy atom. The number of aromatic nitrogens is 4. The normalized spacial score (nSPS) is 12.0. The molecule has 0 aliphatic rings. The number of halogens is 3. The van der Waals surface area contributed by atoms with Gasteiger partial charge in [0.25, 0.3) is 0 Å². The molecular weight excluding hydrogens is 211 g/mol. The second-order valence-corrected chi connectivity index (χ2v) is 2.96. The molecule has 86 valence electrons. The predicted molar refractivity (Wildman–Crippen MR) is 45.9 cm³/mol. The largest absolute Gasteiger partial charge is 0.390 e. The summed E-state index contributed by atoms with van der Waals surface area (Å²) in [5.41, 5.74) is 0. The van der Waals surface area contributed by atoms with Crippen LogP contribution in [0.25, 0.3) is 0 Å². The lowest BCUT2D eigenvalue weighted by atomic mass is 10.4. The second-order valence-electron chi connectivity index (χ2n) is 2.96. The van der Waals surface area contributed by atoms with Gasteiger partial charge in [-0.3, -0.25) is 0 Å². The van der Waals surface area contributed by atoms with Crippen molar-refractivity contribution in [1.82, 2.24) is 25.5 Å². The highest BCUT2D eigenvalue weighted by Gasteiger charge is 2.27.